The Kier molecular flexibility index (Phi) is 2.52. The van der Waals surface area contributed by atoms with Crippen molar-refractivity contribution in [3.8, 4) is 5.75 Å². The number of anilines is 1. The SMILES string of the molecule is O=C(CC(F)(F)F)N1CC2(CC2)Oc2ccccc21. The van der Waals surface area contributed by atoms with Gasteiger partial charge in [0, 0.05) is 0 Å². The number of amides is 1. The average Bonchev–Trinajstić information content (AvgIpc) is 3.05. The minimum absolute atomic E-state index is 0.207. The molecule has 3 nitrogen and oxygen atoms in total. The molecule has 0 unspecified atom stereocenters. The summed E-state index contributed by atoms with van der Waals surface area (Å²) < 4.78 is 42.9. The first-order valence-electron chi connectivity index (χ1n) is 6.04. The minimum atomic E-state index is -4.49. The van der Waals surface area contributed by atoms with Crippen molar-refractivity contribution in [2.24, 2.45) is 0 Å². The molecule has 3 rings (SSSR count). The number of halogens is 3. The third kappa shape index (κ3) is 2.39. The van der Waals surface area contributed by atoms with Crippen LogP contribution in [0.15, 0.2) is 24.3 Å². The maximum absolute atomic E-state index is 12.4. The Morgan fingerprint density at radius 1 is 1.32 bits per heavy atom. The Labute approximate surface area is 108 Å². The lowest BCUT2D eigenvalue weighted by molar-refractivity contribution is -0.152. The van der Waals surface area contributed by atoms with Crippen LogP contribution in [-0.4, -0.2) is 24.2 Å². The molecule has 1 heterocycles. The van der Waals surface area contributed by atoms with Gasteiger partial charge < -0.3 is 9.64 Å². The molecule has 0 radical (unpaired) electrons. The maximum Gasteiger partial charge on any atom is 0.397 e. The number of fused-ring (bicyclic) bond motifs is 1. The molecule has 1 aliphatic carbocycles. The van der Waals surface area contributed by atoms with E-state index in [0.717, 1.165) is 12.8 Å². The molecule has 6 heteroatoms. The molecule has 0 saturated heterocycles. The molecule has 19 heavy (non-hydrogen) atoms. The number of carbonyl (C=O) groups excluding carboxylic acids is 1. The Bertz CT molecular complexity index is 523. The number of alkyl halides is 3. The van der Waals surface area contributed by atoms with Crippen molar-refractivity contribution in [1.82, 2.24) is 0 Å². The van der Waals surface area contributed by atoms with Gasteiger partial charge in [-0.05, 0) is 25.0 Å². The Hall–Kier alpha value is -1.72. The molecule has 0 bridgehead atoms. The summed E-state index contributed by atoms with van der Waals surface area (Å²) in [5.41, 5.74) is -0.0374. The molecule has 1 aromatic rings. The van der Waals surface area contributed by atoms with Gasteiger partial charge in [-0.15, -0.1) is 0 Å². The van der Waals surface area contributed by atoms with Crippen molar-refractivity contribution in [1.29, 1.82) is 0 Å². The highest BCUT2D eigenvalue weighted by Crippen LogP contribution is 2.48. The summed E-state index contributed by atoms with van der Waals surface area (Å²) in [6, 6.07) is 6.72. The van der Waals surface area contributed by atoms with Crippen molar-refractivity contribution in [3.05, 3.63) is 24.3 Å². The molecule has 2 aliphatic rings. The zero-order chi connectivity index (χ0) is 13.7. The highest BCUT2D eigenvalue weighted by molar-refractivity contribution is 5.96. The largest absolute Gasteiger partial charge is 0.483 e. The Morgan fingerprint density at radius 2 is 2.00 bits per heavy atom. The number of hydrogen-bond donors (Lipinski definition) is 0. The van der Waals surface area contributed by atoms with Gasteiger partial charge in [0.25, 0.3) is 0 Å². The van der Waals surface area contributed by atoms with Crippen LogP contribution < -0.4 is 9.64 Å². The summed E-state index contributed by atoms with van der Waals surface area (Å²) in [6.45, 7) is 0.207. The van der Waals surface area contributed by atoms with Crippen LogP contribution >= 0.6 is 0 Å². The van der Waals surface area contributed by atoms with Crippen molar-refractivity contribution in [2.45, 2.75) is 31.0 Å². The number of carbonyl (C=O) groups is 1. The zero-order valence-corrected chi connectivity index (χ0v) is 10.0. The van der Waals surface area contributed by atoms with Gasteiger partial charge in [-0.3, -0.25) is 4.79 Å². The number of hydrogen-bond acceptors (Lipinski definition) is 2. The van der Waals surface area contributed by atoms with Crippen LogP contribution in [-0.2, 0) is 4.79 Å². The lowest BCUT2D eigenvalue weighted by Gasteiger charge is -2.35. The molecular formula is C13H12F3NO2. The molecular weight excluding hydrogens is 259 g/mol. The molecule has 1 spiro atoms. The van der Waals surface area contributed by atoms with Crippen molar-refractivity contribution in [2.75, 3.05) is 11.4 Å². The van der Waals surface area contributed by atoms with E-state index in [1.54, 1.807) is 24.3 Å². The predicted octanol–water partition coefficient (Wildman–Crippen LogP) is 2.90. The van der Waals surface area contributed by atoms with Crippen LogP contribution in [0.25, 0.3) is 0 Å². The molecule has 0 aromatic heterocycles. The van der Waals surface area contributed by atoms with Crippen LogP contribution in [0.1, 0.15) is 19.3 Å². The van der Waals surface area contributed by atoms with E-state index in [-0.39, 0.29) is 6.54 Å². The van der Waals surface area contributed by atoms with Crippen LogP contribution in [0.3, 0.4) is 0 Å². The van der Waals surface area contributed by atoms with Gasteiger partial charge in [0.1, 0.15) is 17.8 Å². The second-order valence-electron chi connectivity index (χ2n) is 5.02. The second-order valence-corrected chi connectivity index (χ2v) is 5.02. The highest BCUT2D eigenvalue weighted by Gasteiger charge is 2.51. The molecule has 1 aliphatic heterocycles. The lowest BCUT2D eigenvalue weighted by Crippen LogP contribution is -2.46. The van der Waals surface area contributed by atoms with Gasteiger partial charge >= 0.3 is 6.18 Å². The predicted molar refractivity (Wildman–Crippen MR) is 62.1 cm³/mol. The van der Waals surface area contributed by atoms with E-state index in [1.807, 2.05) is 0 Å². The van der Waals surface area contributed by atoms with Gasteiger partial charge in [-0.1, -0.05) is 12.1 Å². The monoisotopic (exact) mass is 271 g/mol. The molecule has 102 valence electrons. The maximum atomic E-state index is 12.4. The summed E-state index contributed by atoms with van der Waals surface area (Å²) in [5.74, 6) is -0.434. The van der Waals surface area contributed by atoms with Crippen LogP contribution in [0.4, 0.5) is 18.9 Å². The summed E-state index contributed by atoms with van der Waals surface area (Å²) in [4.78, 5) is 13.1. The molecule has 1 aromatic carbocycles. The Morgan fingerprint density at radius 3 is 2.63 bits per heavy atom. The van der Waals surface area contributed by atoms with E-state index in [4.69, 9.17) is 4.74 Å². The third-order valence-electron chi connectivity index (χ3n) is 3.39. The first-order chi connectivity index (χ1) is 8.89. The summed E-state index contributed by atoms with van der Waals surface area (Å²) in [6.07, 6.45) is -4.37. The minimum Gasteiger partial charge on any atom is -0.483 e. The van der Waals surface area contributed by atoms with E-state index >= 15 is 0 Å². The standard InChI is InChI=1S/C13H12F3NO2/c14-13(15,16)7-11(18)17-8-12(5-6-12)19-10-4-2-1-3-9(10)17/h1-4H,5-8H2. The topological polar surface area (TPSA) is 29.5 Å². The zero-order valence-electron chi connectivity index (χ0n) is 10.0. The highest BCUT2D eigenvalue weighted by atomic mass is 19.4. The summed E-state index contributed by atoms with van der Waals surface area (Å²) in [5, 5.41) is 0. The summed E-state index contributed by atoms with van der Waals surface area (Å²) in [7, 11) is 0. The van der Waals surface area contributed by atoms with E-state index < -0.39 is 24.1 Å². The first kappa shape index (κ1) is 12.3. The van der Waals surface area contributed by atoms with Gasteiger partial charge in [0.15, 0.2) is 0 Å². The van der Waals surface area contributed by atoms with Gasteiger partial charge in [0.2, 0.25) is 5.91 Å². The molecule has 0 N–H and O–H groups in total. The smallest absolute Gasteiger partial charge is 0.397 e. The van der Waals surface area contributed by atoms with Gasteiger partial charge in [-0.2, -0.15) is 13.2 Å². The molecule has 1 saturated carbocycles. The van der Waals surface area contributed by atoms with E-state index in [1.165, 1.54) is 4.90 Å². The average molecular weight is 271 g/mol. The first-order valence-corrected chi connectivity index (χ1v) is 6.04. The molecule has 1 amide bonds. The van der Waals surface area contributed by atoms with Crippen molar-refractivity contribution in [3.63, 3.8) is 0 Å². The number of nitrogens with zero attached hydrogens (tertiary/aromatic N) is 1. The normalized spacial score (nSPS) is 19.8. The van der Waals surface area contributed by atoms with E-state index in [0.29, 0.717) is 11.4 Å². The van der Waals surface area contributed by atoms with Crippen LogP contribution in [0.5, 0.6) is 5.75 Å². The third-order valence-corrected chi connectivity index (χ3v) is 3.39. The second kappa shape index (κ2) is 3.88. The van der Waals surface area contributed by atoms with Gasteiger partial charge in [0.05, 0.1) is 12.2 Å². The quantitative estimate of drug-likeness (QED) is 0.786. The fraction of sp³-hybridized carbons (Fsp3) is 0.462. The van der Waals surface area contributed by atoms with E-state index in [9.17, 15) is 18.0 Å². The van der Waals surface area contributed by atoms with E-state index in [2.05, 4.69) is 0 Å². The molecule has 0 atom stereocenters. The van der Waals surface area contributed by atoms with Crippen LogP contribution in [0.2, 0.25) is 0 Å². The van der Waals surface area contributed by atoms with Gasteiger partial charge in [-0.25, -0.2) is 0 Å². The van der Waals surface area contributed by atoms with Crippen molar-refractivity contribution < 1.29 is 22.7 Å². The fourth-order valence-electron chi connectivity index (χ4n) is 2.29. The number of rotatable bonds is 1. The van der Waals surface area contributed by atoms with Crippen LogP contribution in [0, 0.1) is 0 Å². The molecule has 1 fully saturated rings. The lowest BCUT2D eigenvalue weighted by atomic mass is 10.1. The Balaban J connectivity index is 1.90. The number of para-hydroxylation sites is 2. The van der Waals surface area contributed by atoms with Crippen molar-refractivity contribution >= 4 is 11.6 Å². The summed E-state index contributed by atoms with van der Waals surface area (Å²) >= 11 is 0. The number of ether oxygens (including phenoxy) is 1. The fourth-order valence-corrected chi connectivity index (χ4v) is 2.29. The number of benzene rings is 1.